The summed E-state index contributed by atoms with van der Waals surface area (Å²) in [5.41, 5.74) is 0.548. The van der Waals surface area contributed by atoms with E-state index < -0.39 is 11.7 Å². The number of hydrogen-bond acceptors (Lipinski definition) is 4. The SMILES string of the molecule is COc1ccc2c(c1)OC(C)(C)CC2NC(=O)C(C)Oc1ccc(Br)cc1. The highest BCUT2D eigenvalue weighted by atomic mass is 79.9. The van der Waals surface area contributed by atoms with Crippen molar-refractivity contribution in [3.8, 4) is 17.2 Å². The van der Waals surface area contributed by atoms with Crippen LogP contribution in [-0.4, -0.2) is 24.7 Å². The van der Waals surface area contributed by atoms with Crippen LogP contribution in [0, 0.1) is 0 Å². The lowest BCUT2D eigenvalue weighted by Crippen LogP contribution is -2.44. The van der Waals surface area contributed by atoms with Gasteiger partial charge in [-0.2, -0.15) is 0 Å². The zero-order valence-corrected chi connectivity index (χ0v) is 17.5. The molecule has 3 rings (SSSR count). The Morgan fingerprint density at radius 3 is 2.56 bits per heavy atom. The minimum atomic E-state index is -0.612. The van der Waals surface area contributed by atoms with Gasteiger partial charge in [-0.15, -0.1) is 0 Å². The second kappa shape index (κ2) is 7.80. The summed E-state index contributed by atoms with van der Waals surface area (Å²) in [7, 11) is 1.62. The van der Waals surface area contributed by atoms with Gasteiger partial charge in [0.05, 0.1) is 13.2 Å². The lowest BCUT2D eigenvalue weighted by molar-refractivity contribution is -0.128. The maximum Gasteiger partial charge on any atom is 0.261 e. The molecule has 5 nitrogen and oxygen atoms in total. The smallest absolute Gasteiger partial charge is 0.261 e. The lowest BCUT2D eigenvalue weighted by Gasteiger charge is -2.38. The third-order valence-corrected chi connectivity index (χ3v) is 5.02. The Morgan fingerprint density at radius 1 is 1.22 bits per heavy atom. The molecule has 2 aromatic carbocycles. The van der Waals surface area contributed by atoms with Gasteiger partial charge in [0.1, 0.15) is 22.8 Å². The van der Waals surface area contributed by atoms with E-state index in [2.05, 4.69) is 21.2 Å². The average Bonchev–Trinajstić information content (AvgIpc) is 2.62. The standard InChI is InChI=1S/C21H24BrNO4/c1-13(26-15-7-5-14(22)6-8-15)20(24)23-18-12-21(2,3)27-19-11-16(25-4)9-10-17(18)19/h5-11,13,18H,12H2,1-4H3,(H,23,24). The number of benzene rings is 2. The quantitative estimate of drug-likeness (QED) is 0.745. The van der Waals surface area contributed by atoms with E-state index in [9.17, 15) is 4.79 Å². The van der Waals surface area contributed by atoms with Crippen molar-refractivity contribution in [2.24, 2.45) is 0 Å². The second-order valence-corrected chi connectivity index (χ2v) is 8.16. The van der Waals surface area contributed by atoms with E-state index in [0.29, 0.717) is 12.2 Å². The van der Waals surface area contributed by atoms with Gasteiger partial charge >= 0.3 is 0 Å². The van der Waals surface area contributed by atoms with Crippen LogP contribution in [-0.2, 0) is 4.79 Å². The zero-order chi connectivity index (χ0) is 19.6. The van der Waals surface area contributed by atoms with Gasteiger partial charge in [0.25, 0.3) is 5.91 Å². The van der Waals surface area contributed by atoms with Gasteiger partial charge in [0, 0.05) is 22.5 Å². The number of carbonyl (C=O) groups is 1. The molecule has 0 aliphatic carbocycles. The Hall–Kier alpha value is -2.21. The second-order valence-electron chi connectivity index (χ2n) is 7.24. The Morgan fingerprint density at radius 2 is 1.89 bits per heavy atom. The van der Waals surface area contributed by atoms with Gasteiger partial charge in [-0.25, -0.2) is 0 Å². The molecule has 0 saturated carbocycles. The molecule has 2 unspecified atom stereocenters. The number of hydrogen-bond donors (Lipinski definition) is 1. The van der Waals surface area contributed by atoms with Crippen LogP contribution in [0.2, 0.25) is 0 Å². The molecule has 2 atom stereocenters. The number of nitrogens with one attached hydrogen (secondary N) is 1. The van der Waals surface area contributed by atoms with Crippen LogP contribution >= 0.6 is 15.9 Å². The molecule has 0 bridgehead atoms. The number of rotatable bonds is 5. The summed E-state index contributed by atoms with van der Waals surface area (Å²) in [6.45, 7) is 5.77. The summed E-state index contributed by atoms with van der Waals surface area (Å²) in [6, 6.07) is 12.9. The third kappa shape index (κ3) is 4.75. The van der Waals surface area contributed by atoms with E-state index in [1.54, 1.807) is 14.0 Å². The fourth-order valence-electron chi connectivity index (χ4n) is 3.15. The molecule has 0 aromatic heterocycles. The molecule has 27 heavy (non-hydrogen) atoms. The minimum Gasteiger partial charge on any atom is -0.497 e. The highest BCUT2D eigenvalue weighted by molar-refractivity contribution is 9.10. The van der Waals surface area contributed by atoms with Crippen molar-refractivity contribution in [2.45, 2.75) is 44.9 Å². The molecular formula is C21H24BrNO4. The molecule has 1 heterocycles. The van der Waals surface area contributed by atoms with Crippen LogP contribution < -0.4 is 19.5 Å². The fourth-order valence-corrected chi connectivity index (χ4v) is 3.41. The number of halogens is 1. The summed E-state index contributed by atoms with van der Waals surface area (Å²) < 4.78 is 18.1. The van der Waals surface area contributed by atoms with Gasteiger partial charge in [0.15, 0.2) is 6.10 Å². The van der Waals surface area contributed by atoms with Crippen molar-refractivity contribution in [3.05, 3.63) is 52.5 Å². The highest BCUT2D eigenvalue weighted by Gasteiger charge is 2.35. The first-order chi connectivity index (χ1) is 12.8. The molecule has 1 aliphatic rings. The molecule has 1 amide bonds. The van der Waals surface area contributed by atoms with Gasteiger partial charge in [-0.05, 0) is 57.2 Å². The van der Waals surface area contributed by atoms with E-state index >= 15 is 0 Å². The normalized spacial score (nSPS) is 18.6. The van der Waals surface area contributed by atoms with Crippen LogP contribution in [0.15, 0.2) is 46.9 Å². The van der Waals surface area contributed by atoms with Gasteiger partial charge in [-0.1, -0.05) is 15.9 Å². The van der Waals surface area contributed by atoms with E-state index in [1.807, 2.05) is 56.3 Å². The molecule has 2 aromatic rings. The van der Waals surface area contributed by atoms with Crippen LogP contribution in [0.25, 0.3) is 0 Å². The maximum absolute atomic E-state index is 12.7. The van der Waals surface area contributed by atoms with Crippen LogP contribution in [0.1, 0.15) is 38.8 Å². The molecule has 1 N–H and O–H groups in total. The summed E-state index contributed by atoms with van der Waals surface area (Å²) in [4.78, 5) is 12.7. The monoisotopic (exact) mass is 433 g/mol. The topological polar surface area (TPSA) is 56.8 Å². The molecule has 0 fully saturated rings. The van der Waals surface area contributed by atoms with Crippen molar-refractivity contribution in [1.29, 1.82) is 0 Å². The summed E-state index contributed by atoms with van der Waals surface area (Å²) in [6.07, 6.45) is 0.0575. The number of fused-ring (bicyclic) bond motifs is 1. The van der Waals surface area contributed by atoms with Crippen molar-refractivity contribution in [3.63, 3.8) is 0 Å². The number of amides is 1. The first-order valence-corrected chi connectivity index (χ1v) is 9.66. The molecule has 1 aliphatic heterocycles. The number of ether oxygens (including phenoxy) is 3. The van der Waals surface area contributed by atoms with Crippen LogP contribution in [0.5, 0.6) is 17.2 Å². The summed E-state index contributed by atoms with van der Waals surface area (Å²) >= 11 is 3.39. The highest BCUT2D eigenvalue weighted by Crippen LogP contribution is 2.41. The number of methoxy groups -OCH3 is 1. The summed E-state index contributed by atoms with van der Waals surface area (Å²) in [5, 5.41) is 3.11. The van der Waals surface area contributed by atoms with Gasteiger partial charge in [-0.3, -0.25) is 4.79 Å². The largest absolute Gasteiger partial charge is 0.497 e. The van der Waals surface area contributed by atoms with Crippen molar-refractivity contribution >= 4 is 21.8 Å². The molecular weight excluding hydrogens is 410 g/mol. The van der Waals surface area contributed by atoms with Crippen molar-refractivity contribution in [1.82, 2.24) is 5.32 Å². The van der Waals surface area contributed by atoms with Crippen molar-refractivity contribution < 1.29 is 19.0 Å². The maximum atomic E-state index is 12.7. The molecule has 144 valence electrons. The Kier molecular flexibility index (Phi) is 5.65. The van der Waals surface area contributed by atoms with E-state index in [0.717, 1.165) is 21.5 Å². The summed E-state index contributed by atoms with van der Waals surface area (Å²) in [5.74, 6) is 1.95. The molecule has 0 radical (unpaired) electrons. The Bertz CT molecular complexity index is 819. The molecule has 6 heteroatoms. The molecule has 0 saturated heterocycles. The minimum absolute atomic E-state index is 0.155. The average molecular weight is 434 g/mol. The predicted molar refractivity (Wildman–Crippen MR) is 107 cm³/mol. The first-order valence-electron chi connectivity index (χ1n) is 8.87. The van der Waals surface area contributed by atoms with E-state index in [4.69, 9.17) is 14.2 Å². The van der Waals surface area contributed by atoms with E-state index in [-0.39, 0.29) is 11.9 Å². The third-order valence-electron chi connectivity index (χ3n) is 4.49. The Labute approximate surface area is 168 Å². The first kappa shape index (κ1) is 19.5. The van der Waals surface area contributed by atoms with E-state index in [1.165, 1.54) is 0 Å². The van der Waals surface area contributed by atoms with Gasteiger partial charge in [0.2, 0.25) is 0 Å². The molecule has 0 spiro atoms. The zero-order valence-electron chi connectivity index (χ0n) is 15.9. The predicted octanol–water partition coefficient (Wildman–Crippen LogP) is 4.64. The van der Waals surface area contributed by atoms with Crippen molar-refractivity contribution in [2.75, 3.05) is 7.11 Å². The van der Waals surface area contributed by atoms with Crippen LogP contribution in [0.3, 0.4) is 0 Å². The van der Waals surface area contributed by atoms with Crippen LogP contribution in [0.4, 0.5) is 0 Å². The Balaban J connectivity index is 1.74. The number of carbonyl (C=O) groups excluding carboxylic acids is 1. The fraction of sp³-hybridized carbons (Fsp3) is 0.381. The van der Waals surface area contributed by atoms with Gasteiger partial charge < -0.3 is 19.5 Å². The lowest BCUT2D eigenvalue weighted by atomic mass is 9.89.